The van der Waals surface area contributed by atoms with Crippen LogP contribution in [0.25, 0.3) is 0 Å². The van der Waals surface area contributed by atoms with Crippen LogP contribution in [0.3, 0.4) is 0 Å². The number of ether oxygens (including phenoxy) is 1. The van der Waals surface area contributed by atoms with Crippen molar-refractivity contribution in [1.82, 2.24) is 9.88 Å². The second-order valence-corrected chi connectivity index (χ2v) is 3.93. The first-order valence-electron chi connectivity index (χ1n) is 5.00. The molecule has 1 aromatic heterocycles. The fraction of sp³-hybridized carbons (Fsp3) is 0.545. The van der Waals surface area contributed by atoms with Crippen LogP contribution in [-0.4, -0.2) is 36.1 Å². The maximum Gasteiger partial charge on any atom is 0.137 e. The van der Waals surface area contributed by atoms with Crippen LogP contribution in [0.1, 0.15) is 12.0 Å². The summed E-state index contributed by atoms with van der Waals surface area (Å²) in [6.45, 7) is 4.00. The minimum atomic E-state index is 0.593. The van der Waals surface area contributed by atoms with Crippen LogP contribution in [0.15, 0.2) is 18.5 Å². The van der Waals surface area contributed by atoms with Crippen LogP contribution < -0.4 is 4.74 Å². The van der Waals surface area contributed by atoms with Gasteiger partial charge >= 0.3 is 0 Å². The molecule has 1 aliphatic heterocycles. The standard InChI is InChI=1S/C11H16N2O/c1-9-5-11(7-12-6-9)14-8-10-3-4-13(10)2/h5-7,10H,3-4,8H2,1-2H3. The van der Waals surface area contributed by atoms with E-state index in [-0.39, 0.29) is 0 Å². The molecule has 76 valence electrons. The number of aryl methyl sites for hydroxylation is 1. The van der Waals surface area contributed by atoms with Gasteiger partial charge in [0.2, 0.25) is 0 Å². The molecule has 14 heavy (non-hydrogen) atoms. The van der Waals surface area contributed by atoms with Gasteiger partial charge in [0.05, 0.1) is 6.20 Å². The molecule has 0 aromatic carbocycles. The van der Waals surface area contributed by atoms with Gasteiger partial charge < -0.3 is 4.74 Å². The van der Waals surface area contributed by atoms with Gasteiger partial charge in [-0.2, -0.15) is 0 Å². The average molecular weight is 192 g/mol. The lowest BCUT2D eigenvalue weighted by Crippen LogP contribution is -2.48. The summed E-state index contributed by atoms with van der Waals surface area (Å²) in [5, 5.41) is 0. The Bertz CT molecular complexity index is 314. The van der Waals surface area contributed by atoms with Crippen molar-refractivity contribution in [1.29, 1.82) is 0 Å². The molecule has 0 aliphatic carbocycles. The molecule has 1 aromatic rings. The second kappa shape index (κ2) is 3.96. The predicted octanol–water partition coefficient (Wildman–Crippen LogP) is 1.47. The van der Waals surface area contributed by atoms with Crippen molar-refractivity contribution >= 4 is 0 Å². The molecule has 3 heteroatoms. The van der Waals surface area contributed by atoms with Gasteiger partial charge in [-0.15, -0.1) is 0 Å². The Kier molecular flexibility index (Phi) is 2.68. The van der Waals surface area contributed by atoms with Gasteiger partial charge in [0.25, 0.3) is 0 Å². The van der Waals surface area contributed by atoms with Gasteiger partial charge in [0.15, 0.2) is 0 Å². The quantitative estimate of drug-likeness (QED) is 0.725. The van der Waals surface area contributed by atoms with E-state index in [1.807, 2.05) is 19.2 Å². The fourth-order valence-corrected chi connectivity index (χ4v) is 1.58. The van der Waals surface area contributed by atoms with Crippen molar-refractivity contribution in [2.24, 2.45) is 0 Å². The highest BCUT2D eigenvalue weighted by atomic mass is 16.5. The number of likely N-dealkylation sites (N-methyl/N-ethyl adjacent to an activating group) is 1. The first-order valence-corrected chi connectivity index (χ1v) is 5.00. The maximum absolute atomic E-state index is 5.66. The summed E-state index contributed by atoms with van der Waals surface area (Å²) >= 11 is 0. The number of aromatic nitrogens is 1. The monoisotopic (exact) mass is 192 g/mol. The molecule has 1 unspecified atom stereocenters. The zero-order chi connectivity index (χ0) is 9.97. The Balaban J connectivity index is 1.85. The Morgan fingerprint density at radius 3 is 3.00 bits per heavy atom. The molecule has 1 fully saturated rings. The second-order valence-electron chi connectivity index (χ2n) is 3.93. The molecule has 0 amide bonds. The summed E-state index contributed by atoms with van der Waals surface area (Å²) in [7, 11) is 2.13. The highest BCUT2D eigenvalue weighted by molar-refractivity contribution is 5.22. The summed E-state index contributed by atoms with van der Waals surface area (Å²) in [4.78, 5) is 6.40. The van der Waals surface area contributed by atoms with Gasteiger partial charge in [-0.1, -0.05) is 0 Å². The fourth-order valence-electron chi connectivity index (χ4n) is 1.58. The van der Waals surface area contributed by atoms with Gasteiger partial charge in [0.1, 0.15) is 12.4 Å². The van der Waals surface area contributed by atoms with E-state index in [0.29, 0.717) is 6.04 Å². The third-order valence-electron chi connectivity index (χ3n) is 2.73. The van der Waals surface area contributed by atoms with Crippen molar-refractivity contribution in [2.75, 3.05) is 20.2 Å². The maximum atomic E-state index is 5.66. The van der Waals surface area contributed by atoms with Gasteiger partial charge in [-0.05, 0) is 38.6 Å². The molecule has 0 saturated carbocycles. The van der Waals surface area contributed by atoms with Crippen molar-refractivity contribution < 1.29 is 4.74 Å². The molecule has 0 N–H and O–H groups in total. The zero-order valence-corrected chi connectivity index (χ0v) is 8.73. The van der Waals surface area contributed by atoms with E-state index < -0.39 is 0 Å². The number of likely N-dealkylation sites (tertiary alicyclic amines) is 1. The lowest BCUT2D eigenvalue weighted by molar-refractivity contribution is 0.0767. The predicted molar refractivity (Wildman–Crippen MR) is 55.5 cm³/mol. The van der Waals surface area contributed by atoms with Crippen LogP contribution in [0.5, 0.6) is 5.75 Å². The molecule has 3 nitrogen and oxygen atoms in total. The topological polar surface area (TPSA) is 25.4 Å². The van der Waals surface area contributed by atoms with Crippen LogP contribution in [0, 0.1) is 6.92 Å². The summed E-state index contributed by atoms with van der Waals surface area (Å²) in [5.41, 5.74) is 1.14. The SMILES string of the molecule is Cc1cncc(OCC2CCN2C)c1. The van der Waals surface area contributed by atoms with E-state index in [2.05, 4.69) is 16.9 Å². The van der Waals surface area contributed by atoms with E-state index in [9.17, 15) is 0 Å². The molecule has 1 aliphatic rings. The van der Waals surface area contributed by atoms with E-state index in [1.165, 1.54) is 13.0 Å². The summed E-state index contributed by atoms with van der Waals surface area (Å²) in [6.07, 6.45) is 4.85. The van der Waals surface area contributed by atoms with Gasteiger partial charge in [-0.25, -0.2) is 0 Å². The number of pyridine rings is 1. The highest BCUT2D eigenvalue weighted by Gasteiger charge is 2.24. The summed E-state index contributed by atoms with van der Waals surface area (Å²) in [6, 6.07) is 2.61. The van der Waals surface area contributed by atoms with Crippen molar-refractivity contribution in [3.8, 4) is 5.75 Å². The van der Waals surface area contributed by atoms with Crippen LogP contribution >= 0.6 is 0 Å². The molecule has 1 atom stereocenters. The molecule has 0 radical (unpaired) electrons. The molecule has 0 spiro atoms. The highest BCUT2D eigenvalue weighted by Crippen LogP contribution is 2.17. The minimum Gasteiger partial charge on any atom is -0.490 e. The zero-order valence-electron chi connectivity index (χ0n) is 8.73. The van der Waals surface area contributed by atoms with E-state index in [4.69, 9.17) is 4.74 Å². The third-order valence-corrected chi connectivity index (χ3v) is 2.73. The largest absolute Gasteiger partial charge is 0.490 e. The lowest BCUT2D eigenvalue weighted by Gasteiger charge is -2.37. The lowest BCUT2D eigenvalue weighted by atomic mass is 10.1. The number of nitrogens with zero attached hydrogens (tertiary/aromatic N) is 2. The summed E-state index contributed by atoms with van der Waals surface area (Å²) in [5.74, 6) is 0.880. The van der Waals surface area contributed by atoms with E-state index >= 15 is 0 Å². The van der Waals surface area contributed by atoms with Gasteiger partial charge in [-0.3, -0.25) is 9.88 Å². The Labute approximate surface area is 84.7 Å². The number of hydrogen-bond donors (Lipinski definition) is 0. The van der Waals surface area contributed by atoms with Crippen LogP contribution in [-0.2, 0) is 0 Å². The van der Waals surface area contributed by atoms with E-state index in [1.54, 1.807) is 6.20 Å². The Hall–Kier alpha value is -1.09. The first-order chi connectivity index (χ1) is 6.75. The van der Waals surface area contributed by atoms with Crippen molar-refractivity contribution in [3.05, 3.63) is 24.0 Å². The normalized spacial score (nSPS) is 21.7. The van der Waals surface area contributed by atoms with Gasteiger partial charge in [0, 0.05) is 12.2 Å². The molecular formula is C11H16N2O. The van der Waals surface area contributed by atoms with Crippen LogP contribution in [0.2, 0.25) is 0 Å². The number of hydrogen-bond acceptors (Lipinski definition) is 3. The smallest absolute Gasteiger partial charge is 0.137 e. The average Bonchev–Trinajstić information content (AvgIpc) is 2.16. The molecule has 1 saturated heterocycles. The Morgan fingerprint density at radius 2 is 2.43 bits per heavy atom. The summed E-state index contributed by atoms with van der Waals surface area (Å²) < 4.78 is 5.66. The van der Waals surface area contributed by atoms with Crippen LogP contribution in [0.4, 0.5) is 0 Å². The molecule has 2 heterocycles. The van der Waals surface area contributed by atoms with E-state index in [0.717, 1.165) is 17.9 Å². The number of rotatable bonds is 3. The minimum absolute atomic E-state index is 0.593. The Morgan fingerprint density at radius 1 is 1.57 bits per heavy atom. The molecule has 0 bridgehead atoms. The molecule has 2 rings (SSSR count). The molecular weight excluding hydrogens is 176 g/mol. The first kappa shape index (κ1) is 9.46. The van der Waals surface area contributed by atoms with Crippen molar-refractivity contribution in [3.63, 3.8) is 0 Å². The third kappa shape index (κ3) is 2.04. The van der Waals surface area contributed by atoms with Crippen molar-refractivity contribution in [2.45, 2.75) is 19.4 Å².